The lowest BCUT2D eigenvalue weighted by Crippen LogP contribution is -2.68. The van der Waals surface area contributed by atoms with Crippen LogP contribution in [0.25, 0.3) is 0 Å². The van der Waals surface area contributed by atoms with E-state index in [4.69, 9.17) is 9.78 Å². The van der Waals surface area contributed by atoms with Crippen LogP contribution in [0.5, 0.6) is 0 Å². The monoisotopic (exact) mass is 415 g/mol. The Labute approximate surface area is 181 Å². The van der Waals surface area contributed by atoms with Crippen LogP contribution in [0.1, 0.15) is 36.5 Å². The molecule has 5 nitrogen and oxygen atoms in total. The summed E-state index contributed by atoms with van der Waals surface area (Å²) in [6.07, 6.45) is 1.13. The molecule has 2 atom stereocenters. The average Bonchev–Trinajstić information content (AvgIpc) is 2.82. The van der Waals surface area contributed by atoms with Crippen LogP contribution < -0.4 is 5.32 Å². The predicted octanol–water partition coefficient (Wildman–Crippen LogP) is 4.52. The van der Waals surface area contributed by atoms with Crippen molar-refractivity contribution in [1.82, 2.24) is 0 Å². The number of hydrogen-bond acceptors (Lipinski definition) is 5. The molecule has 3 aromatic rings. The zero-order chi connectivity index (χ0) is 21.5. The van der Waals surface area contributed by atoms with Gasteiger partial charge in [0.15, 0.2) is 5.78 Å². The number of anilines is 1. The first kappa shape index (κ1) is 19.9. The van der Waals surface area contributed by atoms with Crippen molar-refractivity contribution in [2.75, 3.05) is 11.9 Å². The zero-order valence-corrected chi connectivity index (χ0v) is 17.4. The number of aliphatic hydroxyl groups is 1. The maximum Gasteiger partial charge on any atom is 0.241 e. The fourth-order valence-electron chi connectivity index (χ4n) is 5.08. The summed E-state index contributed by atoms with van der Waals surface area (Å²) in [6, 6.07) is 26.1. The molecule has 2 unspecified atom stereocenters. The Morgan fingerprint density at radius 2 is 1.45 bits per heavy atom. The van der Waals surface area contributed by atoms with Gasteiger partial charge in [-0.25, -0.2) is 4.89 Å². The topological polar surface area (TPSA) is 67.8 Å². The number of fused-ring (bicyclic) bond motifs is 3. The highest BCUT2D eigenvalue weighted by Gasteiger charge is 2.70. The van der Waals surface area contributed by atoms with E-state index in [0.717, 1.165) is 5.69 Å². The van der Waals surface area contributed by atoms with Crippen LogP contribution in [-0.4, -0.2) is 17.4 Å². The van der Waals surface area contributed by atoms with Crippen LogP contribution in [0, 0.1) is 5.41 Å². The van der Waals surface area contributed by atoms with Gasteiger partial charge < -0.3 is 10.4 Å². The van der Waals surface area contributed by atoms with E-state index in [2.05, 4.69) is 5.32 Å². The normalized spacial score (nSPS) is 26.5. The number of carbonyl (C=O) groups is 1. The van der Waals surface area contributed by atoms with Gasteiger partial charge in [0.05, 0.1) is 0 Å². The summed E-state index contributed by atoms with van der Waals surface area (Å²) < 4.78 is 0. The van der Waals surface area contributed by atoms with Crippen molar-refractivity contribution in [3.63, 3.8) is 0 Å². The third-order valence-electron chi connectivity index (χ3n) is 6.60. The van der Waals surface area contributed by atoms with Gasteiger partial charge in [0.25, 0.3) is 0 Å². The van der Waals surface area contributed by atoms with Gasteiger partial charge in [-0.2, -0.15) is 4.89 Å². The molecule has 0 aromatic heterocycles. The second kappa shape index (κ2) is 7.31. The van der Waals surface area contributed by atoms with Crippen molar-refractivity contribution >= 4 is 11.5 Å². The highest BCUT2D eigenvalue weighted by atomic mass is 17.2. The molecule has 1 fully saturated rings. The second-order valence-corrected chi connectivity index (χ2v) is 8.28. The van der Waals surface area contributed by atoms with Crippen molar-refractivity contribution < 1.29 is 19.7 Å². The molecular weight excluding hydrogens is 390 g/mol. The summed E-state index contributed by atoms with van der Waals surface area (Å²) in [4.78, 5) is 26.6. The molecule has 2 aliphatic heterocycles. The SMILES string of the molecule is CCCC12CNc3ccccc3C1(O)OOC(c1ccccc1)(c1ccccc1)C2=O. The van der Waals surface area contributed by atoms with E-state index in [0.29, 0.717) is 29.5 Å². The molecule has 2 N–H and O–H groups in total. The van der Waals surface area contributed by atoms with Gasteiger partial charge in [-0.05, 0) is 23.6 Å². The molecule has 2 heterocycles. The van der Waals surface area contributed by atoms with Crippen molar-refractivity contribution in [3.8, 4) is 0 Å². The Morgan fingerprint density at radius 1 is 0.871 bits per heavy atom. The van der Waals surface area contributed by atoms with Crippen LogP contribution in [0.4, 0.5) is 5.69 Å². The number of nitrogens with one attached hydrogen (secondary N) is 1. The van der Waals surface area contributed by atoms with E-state index >= 15 is 0 Å². The fraction of sp³-hybridized carbons (Fsp3) is 0.269. The van der Waals surface area contributed by atoms with Gasteiger partial charge in [-0.15, -0.1) is 0 Å². The van der Waals surface area contributed by atoms with Crippen LogP contribution in [-0.2, 0) is 26.0 Å². The zero-order valence-electron chi connectivity index (χ0n) is 17.4. The Balaban J connectivity index is 1.76. The number of rotatable bonds is 4. The number of ketones is 1. The Hall–Kier alpha value is -2.99. The number of benzene rings is 3. The predicted molar refractivity (Wildman–Crippen MR) is 117 cm³/mol. The van der Waals surface area contributed by atoms with Gasteiger partial charge in [-0.1, -0.05) is 92.2 Å². The first-order valence-electron chi connectivity index (χ1n) is 10.7. The molecule has 5 heteroatoms. The van der Waals surface area contributed by atoms with Gasteiger partial charge >= 0.3 is 0 Å². The minimum atomic E-state index is -1.89. The highest BCUT2D eigenvalue weighted by molar-refractivity contribution is 5.99. The van der Waals surface area contributed by atoms with Gasteiger partial charge in [0.1, 0.15) is 5.41 Å². The Kier molecular flexibility index (Phi) is 4.70. The van der Waals surface area contributed by atoms with E-state index in [1.165, 1.54) is 0 Å². The van der Waals surface area contributed by atoms with Crippen molar-refractivity contribution in [2.45, 2.75) is 31.2 Å². The highest BCUT2D eigenvalue weighted by Crippen LogP contribution is 2.58. The lowest BCUT2D eigenvalue weighted by atomic mass is 9.60. The third-order valence-corrected chi connectivity index (χ3v) is 6.60. The van der Waals surface area contributed by atoms with Crippen LogP contribution in [0.15, 0.2) is 84.9 Å². The van der Waals surface area contributed by atoms with E-state index in [1.807, 2.05) is 85.8 Å². The smallest absolute Gasteiger partial charge is 0.241 e. The summed E-state index contributed by atoms with van der Waals surface area (Å²) in [6.45, 7) is 2.25. The van der Waals surface area contributed by atoms with Crippen molar-refractivity contribution in [1.29, 1.82) is 0 Å². The minimum Gasteiger partial charge on any atom is -0.383 e. The minimum absolute atomic E-state index is 0.213. The molecule has 0 bridgehead atoms. The fourth-order valence-corrected chi connectivity index (χ4v) is 5.08. The lowest BCUT2D eigenvalue weighted by Gasteiger charge is -2.55. The van der Waals surface area contributed by atoms with Crippen LogP contribution >= 0.6 is 0 Å². The quantitative estimate of drug-likeness (QED) is 0.614. The molecular formula is C26H25NO4. The lowest BCUT2D eigenvalue weighted by molar-refractivity contribution is -0.498. The number of Topliss-reactive ketones (excluding diaryl/α,β-unsaturated/α-hetero) is 1. The summed E-state index contributed by atoms with van der Waals surface area (Å²) in [7, 11) is 0. The summed E-state index contributed by atoms with van der Waals surface area (Å²) in [5, 5.41) is 15.3. The van der Waals surface area contributed by atoms with Gasteiger partial charge in [0, 0.05) is 17.8 Å². The molecule has 0 amide bonds. The maximum absolute atomic E-state index is 14.6. The standard InChI is InChI=1S/C26H25NO4/c1-2-17-24-18-27-22-16-10-9-15-21(22)26(24,29)31-30-25(23(24)28,19-11-5-3-6-12-19)20-13-7-4-8-14-20/h3-16,27,29H,2,17-18H2,1H3. The van der Waals surface area contributed by atoms with Gasteiger partial charge in [0.2, 0.25) is 11.4 Å². The van der Waals surface area contributed by atoms with E-state index in [9.17, 15) is 9.90 Å². The van der Waals surface area contributed by atoms with Gasteiger partial charge in [-0.3, -0.25) is 4.79 Å². The first-order chi connectivity index (χ1) is 15.1. The molecule has 0 spiro atoms. The van der Waals surface area contributed by atoms with E-state index < -0.39 is 16.8 Å². The molecule has 0 aliphatic carbocycles. The molecule has 158 valence electrons. The Morgan fingerprint density at radius 3 is 2.06 bits per heavy atom. The summed E-state index contributed by atoms with van der Waals surface area (Å²) >= 11 is 0. The molecule has 1 saturated heterocycles. The van der Waals surface area contributed by atoms with Crippen LogP contribution in [0.3, 0.4) is 0 Å². The summed E-state index contributed by atoms with van der Waals surface area (Å²) in [5.74, 6) is -2.11. The maximum atomic E-state index is 14.6. The largest absolute Gasteiger partial charge is 0.383 e. The first-order valence-corrected chi connectivity index (χ1v) is 10.7. The molecule has 5 rings (SSSR count). The van der Waals surface area contributed by atoms with Crippen molar-refractivity contribution in [2.24, 2.45) is 5.41 Å². The van der Waals surface area contributed by atoms with E-state index in [-0.39, 0.29) is 12.3 Å². The molecule has 31 heavy (non-hydrogen) atoms. The molecule has 0 radical (unpaired) electrons. The number of hydrogen-bond donors (Lipinski definition) is 2. The number of carbonyl (C=O) groups excluding carboxylic acids is 1. The summed E-state index contributed by atoms with van der Waals surface area (Å²) in [5.41, 5.74) is -0.138. The Bertz CT molecular complexity index is 1060. The average molecular weight is 415 g/mol. The van der Waals surface area contributed by atoms with E-state index in [1.54, 1.807) is 6.07 Å². The molecule has 2 aliphatic rings. The second-order valence-electron chi connectivity index (χ2n) is 8.28. The van der Waals surface area contributed by atoms with Crippen molar-refractivity contribution in [3.05, 3.63) is 102 Å². The molecule has 3 aromatic carbocycles. The third kappa shape index (κ3) is 2.64. The van der Waals surface area contributed by atoms with Crippen LogP contribution in [0.2, 0.25) is 0 Å². The molecule has 0 saturated carbocycles. The number of para-hydroxylation sites is 1.